The fraction of sp³-hybridized carbons (Fsp3) is 0.318. The van der Waals surface area contributed by atoms with Crippen LogP contribution in [0.25, 0.3) is 10.9 Å². The van der Waals surface area contributed by atoms with E-state index < -0.39 is 5.92 Å². The average molecular weight is 394 g/mol. The van der Waals surface area contributed by atoms with Crippen molar-refractivity contribution in [3.05, 3.63) is 63.3 Å². The minimum absolute atomic E-state index is 0.0248. The highest BCUT2D eigenvalue weighted by Gasteiger charge is 2.43. The number of Topliss-reactive ketones (excluding diaryl/α,β-unsaturated/α-hetero) is 1. The number of fused-ring (bicyclic) bond motifs is 1. The van der Waals surface area contributed by atoms with Gasteiger partial charge < -0.3 is 10.5 Å². The number of nitrogens with two attached hydrogens (primary N) is 1. The van der Waals surface area contributed by atoms with Crippen LogP contribution in [0, 0.1) is 23.7 Å². The number of carbonyl (C=O) groups excluding carboxylic acids is 1. The molecule has 0 bridgehead atoms. The first kappa shape index (κ1) is 18.5. The van der Waals surface area contributed by atoms with Crippen molar-refractivity contribution in [3.63, 3.8) is 0 Å². The fourth-order valence-corrected chi connectivity index (χ4v) is 4.32. The summed E-state index contributed by atoms with van der Waals surface area (Å²) < 4.78 is 5.72. The van der Waals surface area contributed by atoms with Crippen LogP contribution < -0.4 is 5.73 Å². The maximum atomic E-state index is 13.0. The Hall–Kier alpha value is -2.84. The standard InChI is InChI=1S/C22H20ClN3O2/c1-11-4-5-12-7-13(20(23)26-15(12)6-11)18-14(10-24)21(25)28-17-9-22(2,3)8-16(27)19(17)18/h4-7,18H,8-9,25H2,1-3H3/t18-/m0/s1. The average Bonchev–Trinajstić information content (AvgIpc) is 2.58. The van der Waals surface area contributed by atoms with Crippen molar-refractivity contribution >= 4 is 28.3 Å². The van der Waals surface area contributed by atoms with E-state index in [4.69, 9.17) is 22.1 Å². The third kappa shape index (κ3) is 2.94. The second kappa shape index (κ2) is 6.35. The normalized spacial score (nSPS) is 21.4. The predicted molar refractivity (Wildman–Crippen MR) is 107 cm³/mol. The third-order valence-electron chi connectivity index (χ3n) is 5.34. The number of ether oxygens (including phenoxy) is 1. The molecule has 1 aromatic heterocycles. The Morgan fingerprint density at radius 1 is 1.32 bits per heavy atom. The Morgan fingerprint density at radius 3 is 2.79 bits per heavy atom. The van der Waals surface area contributed by atoms with Crippen molar-refractivity contribution in [2.45, 2.75) is 39.5 Å². The highest BCUT2D eigenvalue weighted by molar-refractivity contribution is 6.31. The van der Waals surface area contributed by atoms with Gasteiger partial charge in [0.25, 0.3) is 0 Å². The van der Waals surface area contributed by atoms with Gasteiger partial charge in [-0.1, -0.05) is 37.6 Å². The number of carbonyl (C=O) groups is 1. The number of nitrogens with zero attached hydrogens (tertiary/aromatic N) is 2. The Labute approximate surface area is 168 Å². The zero-order valence-electron chi connectivity index (χ0n) is 16.0. The number of rotatable bonds is 1. The van der Waals surface area contributed by atoms with E-state index in [1.165, 1.54) is 0 Å². The number of allylic oxidation sites excluding steroid dienone is 3. The van der Waals surface area contributed by atoms with Crippen molar-refractivity contribution in [2.24, 2.45) is 11.1 Å². The summed E-state index contributed by atoms with van der Waals surface area (Å²) in [4.78, 5) is 17.6. The molecule has 0 amide bonds. The Balaban J connectivity index is 1.96. The lowest BCUT2D eigenvalue weighted by Crippen LogP contribution is -2.33. The van der Waals surface area contributed by atoms with E-state index in [1.807, 2.05) is 45.0 Å². The molecule has 0 radical (unpaired) electrons. The van der Waals surface area contributed by atoms with Crippen molar-refractivity contribution in [2.75, 3.05) is 0 Å². The summed E-state index contributed by atoms with van der Waals surface area (Å²) in [6.07, 6.45) is 0.948. The van der Waals surface area contributed by atoms with Gasteiger partial charge in [-0.05, 0) is 30.0 Å². The molecular weight excluding hydrogens is 374 g/mol. The van der Waals surface area contributed by atoms with Gasteiger partial charge in [-0.2, -0.15) is 5.26 Å². The lowest BCUT2D eigenvalue weighted by atomic mass is 9.70. The van der Waals surface area contributed by atoms with Crippen molar-refractivity contribution in [3.8, 4) is 6.07 Å². The number of halogens is 1. The monoisotopic (exact) mass is 393 g/mol. The van der Waals surface area contributed by atoms with Gasteiger partial charge in [0.2, 0.25) is 5.88 Å². The molecule has 0 saturated heterocycles. The van der Waals surface area contributed by atoms with Gasteiger partial charge in [0, 0.05) is 29.4 Å². The molecule has 2 heterocycles. The molecule has 0 saturated carbocycles. The zero-order valence-corrected chi connectivity index (χ0v) is 16.7. The number of aryl methyl sites for hydroxylation is 1. The van der Waals surface area contributed by atoms with Crippen LogP contribution in [0.3, 0.4) is 0 Å². The predicted octanol–water partition coefficient (Wildman–Crippen LogP) is 4.65. The maximum absolute atomic E-state index is 13.0. The van der Waals surface area contributed by atoms with Crippen LogP contribution in [0.15, 0.2) is 47.1 Å². The van der Waals surface area contributed by atoms with Gasteiger partial charge >= 0.3 is 0 Å². The molecule has 28 heavy (non-hydrogen) atoms. The third-order valence-corrected chi connectivity index (χ3v) is 5.64. The zero-order chi connectivity index (χ0) is 20.2. The van der Waals surface area contributed by atoms with Crippen LogP contribution in [0.1, 0.15) is 43.7 Å². The fourth-order valence-electron chi connectivity index (χ4n) is 4.07. The number of benzene rings is 1. The molecule has 2 aliphatic rings. The van der Waals surface area contributed by atoms with Crippen molar-refractivity contribution in [1.82, 2.24) is 4.98 Å². The second-order valence-electron chi connectivity index (χ2n) is 8.27. The van der Waals surface area contributed by atoms with E-state index >= 15 is 0 Å². The van der Waals surface area contributed by atoms with Crippen LogP contribution in [0.2, 0.25) is 5.15 Å². The summed E-state index contributed by atoms with van der Waals surface area (Å²) in [5.74, 6) is -0.153. The molecule has 2 aromatic rings. The van der Waals surface area contributed by atoms with Gasteiger partial charge in [-0.25, -0.2) is 4.98 Å². The highest BCUT2D eigenvalue weighted by atomic mass is 35.5. The maximum Gasteiger partial charge on any atom is 0.205 e. The molecule has 4 rings (SSSR count). The van der Waals surface area contributed by atoms with Crippen molar-refractivity contribution in [1.29, 1.82) is 5.26 Å². The van der Waals surface area contributed by atoms with E-state index in [0.717, 1.165) is 16.5 Å². The number of ketones is 1. The van der Waals surface area contributed by atoms with Crippen LogP contribution in [-0.2, 0) is 9.53 Å². The molecule has 1 aliphatic carbocycles. The van der Waals surface area contributed by atoms with Gasteiger partial charge in [-0.15, -0.1) is 0 Å². The minimum atomic E-state index is -0.664. The van der Waals surface area contributed by atoms with Crippen LogP contribution >= 0.6 is 11.6 Å². The minimum Gasteiger partial charge on any atom is -0.444 e. The van der Waals surface area contributed by atoms with E-state index in [-0.39, 0.29) is 27.8 Å². The number of hydrogen-bond acceptors (Lipinski definition) is 5. The molecule has 2 N–H and O–H groups in total. The molecule has 0 fully saturated rings. The molecular formula is C22H20ClN3O2. The summed E-state index contributed by atoms with van der Waals surface area (Å²) in [5, 5.41) is 10.9. The second-order valence-corrected chi connectivity index (χ2v) is 8.63. The molecule has 5 nitrogen and oxygen atoms in total. The van der Waals surface area contributed by atoms with Crippen LogP contribution in [-0.4, -0.2) is 10.8 Å². The smallest absolute Gasteiger partial charge is 0.205 e. The van der Waals surface area contributed by atoms with Gasteiger partial charge in [0.1, 0.15) is 22.6 Å². The van der Waals surface area contributed by atoms with Gasteiger partial charge in [0.05, 0.1) is 11.4 Å². The highest BCUT2D eigenvalue weighted by Crippen LogP contribution is 2.49. The molecule has 142 valence electrons. The number of hydrogen-bond donors (Lipinski definition) is 1. The molecule has 1 aliphatic heterocycles. The molecule has 1 atom stereocenters. The lowest BCUT2D eigenvalue weighted by Gasteiger charge is -2.37. The van der Waals surface area contributed by atoms with Gasteiger partial charge in [0.15, 0.2) is 5.78 Å². The van der Waals surface area contributed by atoms with Gasteiger partial charge in [-0.3, -0.25) is 4.79 Å². The van der Waals surface area contributed by atoms with E-state index in [9.17, 15) is 10.1 Å². The molecule has 1 aromatic carbocycles. The van der Waals surface area contributed by atoms with E-state index in [0.29, 0.717) is 29.7 Å². The summed E-state index contributed by atoms with van der Waals surface area (Å²) in [7, 11) is 0. The first-order chi connectivity index (χ1) is 13.2. The SMILES string of the molecule is Cc1ccc2cc([C@H]3C(C#N)=C(N)OC4=C3C(=O)CC(C)(C)C4)c(Cl)nc2c1. The topological polar surface area (TPSA) is 89.0 Å². The first-order valence-corrected chi connectivity index (χ1v) is 9.48. The quantitative estimate of drug-likeness (QED) is 0.712. The molecule has 0 unspecified atom stereocenters. The summed E-state index contributed by atoms with van der Waals surface area (Å²) >= 11 is 6.54. The number of nitriles is 1. The Kier molecular flexibility index (Phi) is 4.20. The van der Waals surface area contributed by atoms with E-state index in [2.05, 4.69) is 11.1 Å². The number of aromatic nitrogens is 1. The summed E-state index contributed by atoms with van der Waals surface area (Å²) in [5.41, 5.74) is 8.95. The first-order valence-electron chi connectivity index (χ1n) is 9.11. The van der Waals surface area contributed by atoms with Crippen LogP contribution in [0.4, 0.5) is 0 Å². The Morgan fingerprint density at radius 2 is 2.07 bits per heavy atom. The molecule has 6 heteroatoms. The lowest BCUT2D eigenvalue weighted by molar-refractivity contribution is -0.119. The largest absolute Gasteiger partial charge is 0.444 e. The summed E-state index contributed by atoms with van der Waals surface area (Å²) in [6, 6.07) is 9.90. The van der Waals surface area contributed by atoms with Crippen molar-refractivity contribution < 1.29 is 9.53 Å². The summed E-state index contributed by atoms with van der Waals surface area (Å²) in [6.45, 7) is 6.01. The Bertz CT molecular complexity index is 1140. The van der Waals surface area contributed by atoms with E-state index in [1.54, 1.807) is 0 Å². The number of pyridine rings is 1. The molecule has 0 spiro atoms. The van der Waals surface area contributed by atoms with Crippen LogP contribution in [0.5, 0.6) is 0 Å².